The van der Waals surface area contributed by atoms with E-state index in [1.807, 2.05) is 0 Å². The van der Waals surface area contributed by atoms with Gasteiger partial charge in [0.05, 0.1) is 5.56 Å². The predicted molar refractivity (Wildman–Crippen MR) is 74.0 cm³/mol. The van der Waals surface area contributed by atoms with Gasteiger partial charge in [-0.1, -0.05) is 35.3 Å². The molecule has 0 unspecified atom stereocenters. The number of hydrogen-bond acceptors (Lipinski definition) is 1. The molecule has 0 saturated heterocycles. The van der Waals surface area contributed by atoms with E-state index in [0.29, 0.717) is 16.6 Å². The predicted octanol–water partition coefficient (Wildman–Crippen LogP) is 4.06. The zero-order chi connectivity index (χ0) is 13.8. The minimum absolute atomic E-state index is 0.0681. The van der Waals surface area contributed by atoms with Crippen LogP contribution in [0.4, 0.5) is 4.39 Å². The first-order valence-corrected chi connectivity index (χ1v) is 6.29. The Balaban J connectivity index is 2.05. The quantitative estimate of drug-likeness (QED) is 0.909. The zero-order valence-corrected chi connectivity index (χ0v) is 11.3. The van der Waals surface area contributed by atoms with Crippen LogP contribution in [0.5, 0.6) is 0 Å². The van der Waals surface area contributed by atoms with Gasteiger partial charge in [0.25, 0.3) is 5.91 Å². The molecule has 2 aromatic rings. The first kappa shape index (κ1) is 13.8. The molecule has 1 N–H and O–H groups in total. The summed E-state index contributed by atoms with van der Waals surface area (Å²) < 4.78 is 13.5. The molecule has 0 radical (unpaired) electrons. The van der Waals surface area contributed by atoms with E-state index in [0.717, 1.165) is 5.56 Å². The summed E-state index contributed by atoms with van der Waals surface area (Å²) in [6, 6.07) is 10.9. The van der Waals surface area contributed by atoms with Crippen LogP contribution in [0.3, 0.4) is 0 Å². The second-order valence-electron chi connectivity index (χ2n) is 3.93. The van der Waals surface area contributed by atoms with Gasteiger partial charge in [0.1, 0.15) is 5.82 Å². The van der Waals surface area contributed by atoms with Crippen LogP contribution < -0.4 is 5.32 Å². The van der Waals surface area contributed by atoms with Crippen LogP contribution in [0.15, 0.2) is 42.5 Å². The summed E-state index contributed by atoms with van der Waals surface area (Å²) in [4.78, 5) is 11.8. The first-order valence-electron chi connectivity index (χ1n) is 5.54. The summed E-state index contributed by atoms with van der Waals surface area (Å²) in [5.74, 6) is -1.10. The maximum absolute atomic E-state index is 13.5. The molecular formula is C14H10Cl2FNO. The Morgan fingerprint density at radius 1 is 1.05 bits per heavy atom. The van der Waals surface area contributed by atoms with Gasteiger partial charge in [-0.25, -0.2) is 4.39 Å². The second-order valence-corrected chi connectivity index (χ2v) is 4.81. The molecule has 5 heteroatoms. The topological polar surface area (TPSA) is 29.1 Å². The van der Waals surface area contributed by atoms with E-state index in [9.17, 15) is 9.18 Å². The van der Waals surface area contributed by atoms with Gasteiger partial charge >= 0.3 is 0 Å². The van der Waals surface area contributed by atoms with E-state index in [1.54, 1.807) is 24.3 Å². The lowest BCUT2D eigenvalue weighted by atomic mass is 10.2. The van der Waals surface area contributed by atoms with Gasteiger partial charge in [-0.15, -0.1) is 0 Å². The Morgan fingerprint density at radius 2 is 1.68 bits per heavy atom. The minimum atomic E-state index is -0.599. The first-order chi connectivity index (χ1) is 9.06. The van der Waals surface area contributed by atoms with Crippen LogP contribution in [0.1, 0.15) is 15.9 Å². The minimum Gasteiger partial charge on any atom is -0.348 e. The summed E-state index contributed by atoms with van der Waals surface area (Å²) in [7, 11) is 0. The summed E-state index contributed by atoms with van der Waals surface area (Å²) >= 11 is 11.5. The lowest BCUT2D eigenvalue weighted by molar-refractivity contribution is 0.0947. The highest BCUT2D eigenvalue weighted by atomic mass is 35.5. The van der Waals surface area contributed by atoms with Crippen molar-refractivity contribution in [2.75, 3.05) is 0 Å². The zero-order valence-electron chi connectivity index (χ0n) is 9.79. The van der Waals surface area contributed by atoms with Crippen LogP contribution in [0.2, 0.25) is 10.0 Å². The standard InChI is InChI=1S/C14H10Cl2FNO/c15-10-3-1-9(2-4-10)8-18-14(19)12-7-11(16)5-6-13(12)17/h1-7H,8H2,(H,18,19). The fourth-order valence-corrected chi connectivity index (χ4v) is 1.85. The van der Waals surface area contributed by atoms with Gasteiger partial charge in [-0.3, -0.25) is 4.79 Å². The molecule has 2 rings (SSSR count). The maximum atomic E-state index is 13.5. The Morgan fingerprint density at radius 3 is 2.37 bits per heavy atom. The van der Waals surface area contributed by atoms with Gasteiger partial charge in [0.2, 0.25) is 0 Å². The third-order valence-corrected chi connectivity index (χ3v) is 3.03. The van der Waals surface area contributed by atoms with Crippen molar-refractivity contribution in [1.82, 2.24) is 5.32 Å². The van der Waals surface area contributed by atoms with E-state index in [1.165, 1.54) is 18.2 Å². The summed E-state index contributed by atoms with van der Waals surface area (Å²) in [5, 5.41) is 3.56. The number of benzene rings is 2. The van der Waals surface area contributed by atoms with Gasteiger partial charge < -0.3 is 5.32 Å². The van der Waals surface area contributed by atoms with E-state index in [-0.39, 0.29) is 5.56 Å². The molecule has 98 valence electrons. The van der Waals surface area contributed by atoms with Gasteiger partial charge in [0, 0.05) is 16.6 Å². The van der Waals surface area contributed by atoms with E-state index in [4.69, 9.17) is 23.2 Å². The van der Waals surface area contributed by atoms with E-state index in [2.05, 4.69) is 5.32 Å². The Labute approximate surface area is 120 Å². The number of hydrogen-bond donors (Lipinski definition) is 1. The molecule has 0 heterocycles. The largest absolute Gasteiger partial charge is 0.348 e. The van der Waals surface area contributed by atoms with Crippen molar-refractivity contribution in [2.45, 2.75) is 6.54 Å². The SMILES string of the molecule is O=C(NCc1ccc(Cl)cc1)c1cc(Cl)ccc1F. The third kappa shape index (κ3) is 3.69. The van der Waals surface area contributed by atoms with E-state index >= 15 is 0 Å². The van der Waals surface area contributed by atoms with Crippen molar-refractivity contribution < 1.29 is 9.18 Å². The molecule has 19 heavy (non-hydrogen) atoms. The lowest BCUT2D eigenvalue weighted by Gasteiger charge is -2.06. The third-order valence-electron chi connectivity index (χ3n) is 2.54. The molecule has 0 atom stereocenters. The van der Waals surface area contributed by atoms with Gasteiger partial charge in [0.15, 0.2) is 0 Å². The van der Waals surface area contributed by atoms with Gasteiger partial charge in [-0.2, -0.15) is 0 Å². The summed E-state index contributed by atoms with van der Waals surface area (Å²) in [6.07, 6.45) is 0. The molecule has 0 bridgehead atoms. The fourth-order valence-electron chi connectivity index (χ4n) is 1.55. The van der Waals surface area contributed by atoms with Crippen molar-refractivity contribution in [2.24, 2.45) is 0 Å². The van der Waals surface area contributed by atoms with Crippen LogP contribution in [0, 0.1) is 5.82 Å². The number of carbonyl (C=O) groups excluding carboxylic acids is 1. The van der Waals surface area contributed by atoms with Crippen LogP contribution in [-0.2, 0) is 6.54 Å². The maximum Gasteiger partial charge on any atom is 0.254 e. The highest BCUT2D eigenvalue weighted by Crippen LogP contribution is 2.15. The Bertz CT molecular complexity index is 599. The molecule has 0 spiro atoms. The number of carbonyl (C=O) groups is 1. The molecule has 2 nitrogen and oxygen atoms in total. The average Bonchev–Trinajstić information content (AvgIpc) is 2.40. The number of amides is 1. The summed E-state index contributed by atoms with van der Waals surface area (Å²) in [5.41, 5.74) is 0.807. The monoisotopic (exact) mass is 297 g/mol. The van der Waals surface area contributed by atoms with Crippen molar-refractivity contribution >= 4 is 29.1 Å². The molecule has 0 fully saturated rings. The smallest absolute Gasteiger partial charge is 0.254 e. The molecule has 0 aliphatic carbocycles. The van der Waals surface area contributed by atoms with E-state index < -0.39 is 11.7 Å². The molecule has 0 aliphatic heterocycles. The Kier molecular flexibility index (Phi) is 4.40. The average molecular weight is 298 g/mol. The van der Waals surface area contributed by atoms with Crippen LogP contribution in [0.25, 0.3) is 0 Å². The van der Waals surface area contributed by atoms with Crippen LogP contribution in [-0.4, -0.2) is 5.91 Å². The van der Waals surface area contributed by atoms with Crippen molar-refractivity contribution in [3.63, 3.8) is 0 Å². The molecule has 0 aliphatic rings. The Hall–Kier alpha value is -1.58. The van der Waals surface area contributed by atoms with Crippen LogP contribution >= 0.6 is 23.2 Å². The van der Waals surface area contributed by atoms with Crippen molar-refractivity contribution in [3.8, 4) is 0 Å². The molecule has 1 amide bonds. The van der Waals surface area contributed by atoms with Crippen molar-refractivity contribution in [1.29, 1.82) is 0 Å². The van der Waals surface area contributed by atoms with Crippen molar-refractivity contribution in [3.05, 3.63) is 69.5 Å². The highest BCUT2D eigenvalue weighted by Gasteiger charge is 2.11. The fraction of sp³-hybridized carbons (Fsp3) is 0.0714. The highest BCUT2D eigenvalue weighted by molar-refractivity contribution is 6.31. The lowest BCUT2D eigenvalue weighted by Crippen LogP contribution is -2.23. The summed E-state index contributed by atoms with van der Waals surface area (Å²) in [6.45, 7) is 0.294. The second kappa shape index (κ2) is 6.04. The number of halogens is 3. The molecular weight excluding hydrogens is 288 g/mol. The normalized spacial score (nSPS) is 10.3. The molecule has 0 aromatic heterocycles. The molecule has 0 saturated carbocycles. The van der Waals surface area contributed by atoms with Gasteiger partial charge in [-0.05, 0) is 35.9 Å². The number of nitrogens with one attached hydrogen (secondary N) is 1. The number of rotatable bonds is 3. The molecule has 2 aromatic carbocycles.